The molecule has 2 aliphatic carbocycles. The third-order valence-electron chi connectivity index (χ3n) is 8.50. The van der Waals surface area contributed by atoms with Gasteiger partial charge in [0.25, 0.3) is 0 Å². The van der Waals surface area contributed by atoms with Crippen molar-refractivity contribution in [2.75, 3.05) is 21.3 Å². The number of amides is 2. The van der Waals surface area contributed by atoms with Crippen molar-refractivity contribution in [3.05, 3.63) is 53.7 Å². The van der Waals surface area contributed by atoms with Crippen LogP contribution in [0.5, 0.6) is 17.2 Å². The molecule has 8 heteroatoms. The van der Waals surface area contributed by atoms with Crippen molar-refractivity contribution in [2.45, 2.75) is 82.3 Å². The Labute approximate surface area is 236 Å². The Balaban J connectivity index is 1.57. The number of nitrogens with one attached hydrogen (secondary N) is 2. The van der Waals surface area contributed by atoms with Crippen LogP contribution in [0.15, 0.2) is 42.6 Å². The van der Waals surface area contributed by atoms with Gasteiger partial charge in [-0.05, 0) is 55.0 Å². The maximum atomic E-state index is 14.3. The molecule has 2 N–H and O–H groups in total. The van der Waals surface area contributed by atoms with Gasteiger partial charge in [-0.15, -0.1) is 0 Å². The van der Waals surface area contributed by atoms with Crippen LogP contribution in [0.4, 0.5) is 0 Å². The molecular weight excluding hydrogens is 506 g/mol. The summed E-state index contributed by atoms with van der Waals surface area (Å²) in [5.41, 5.74) is 2.58. The second-order valence-electron chi connectivity index (χ2n) is 11.0. The van der Waals surface area contributed by atoms with Crippen molar-refractivity contribution in [1.29, 1.82) is 0 Å². The van der Waals surface area contributed by atoms with E-state index in [0.29, 0.717) is 22.8 Å². The number of hydrogen-bond donors (Lipinski definition) is 2. The molecule has 2 aliphatic rings. The van der Waals surface area contributed by atoms with Gasteiger partial charge >= 0.3 is 0 Å². The number of methoxy groups -OCH3 is 3. The average Bonchev–Trinajstić information content (AvgIpc) is 3.66. The molecule has 214 valence electrons. The smallest absolute Gasteiger partial charge is 0.247 e. The molecule has 5 rings (SSSR count). The van der Waals surface area contributed by atoms with E-state index in [2.05, 4.69) is 10.3 Å². The van der Waals surface area contributed by atoms with Crippen molar-refractivity contribution in [2.24, 2.45) is 0 Å². The standard InChI is InChI=1S/C32H41N3O5/c1-38-27-17-21(18-28(39-2)31(27)40-3)30(32(37)34-23-11-5-4-6-12-23)35(24-13-7-8-14-24)29(36)19-22-20-33-26-16-10-9-15-25(22)26/h9-10,15-18,20,23-24,30,33H,4-8,11-14,19H2,1-3H3,(H,34,37)/t30-/m0/s1. The van der Waals surface area contributed by atoms with Gasteiger partial charge < -0.3 is 29.4 Å². The van der Waals surface area contributed by atoms with E-state index in [1.165, 1.54) is 6.42 Å². The number of carbonyl (C=O) groups excluding carboxylic acids is 2. The van der Waals surface area contributed by atoms with Crippen LogP contribution in [0.3, 0.4) is 0 Å². The highest BCUT2D eigenvalue weighted by molar-refractivity contribution is 5.93. The molecule has 2 fully saturated rings. The summed E-state index contributed by atoms with van der Waals surface area (Å²) in [6, 6.07) is 10.9. The van der Waals surface area contributed by atoms with Gasteiger partial charge in [0.1, 0.15) is 6.04 Å². The van der Waals surface area contributed by atoms with Crippen LogP contribution in [0.1, 0.15) is 75.0 Å². The van der Waals surface area contributed by atoms with E-state index in [-0.39, 0.29) is 30.3 Å². The van der Waals surface area contributed by atoms with E-state index in [1.54, 1.807) is 21.3 Å². The Morgan fingerprint density at radius 3 is 2.23 bits per heavy atom. The first-order valence-electron chi connectivity index (χ1n) is 14.5. The average molecular weight is 548 g/mol. The quantitative estimate of drug-likeness (QED) is 0.340. The van der Waals surface area contributed by atoms with E-state index in [0.717, 1.165) is 67.8 Å². The lowest BCUT2D eigenvalue weighted by molar-refractivity contribution is -0.143. The Hall–Kier alpha value is -3.68. The van der Waals surface area contributed by atoms with Crippen LogP contribution in [0.2, 0.25) is 0 Å². The van der Waals surface area contributed by atoms with Crippen molar-refractivity contribution in [3.8, 4) is 17.2 Å². The molecule has 0 spiro atoms. The molecule has 40 heavy (non-hydrogen) atoms. The molecule has 1 heterocycles. The summed E-state index contributed by atoms with van der Waals surface area (Å²) >= 11 is 0. The molecule has 0 unspecified atom stereocenters. The van der Waals surface area contributed by atoms with Crippen molar-refractivity contribution < 1.29 is 23.8 Å². The summed E-state index contributed by atoms with van der Waals surface area (Å²) in [7, 11) is 4.69. The number of hydrogen-bond acceptors (Lipinski definition) is 5. The first-order valence-corrected chi connectivity index (χ1v) is 14.5. The van der Waals surface area contributed by atoms with Gasteiger partial charge in [-0.2, -0.15) is 0 Å². The van der Waals surface area contributed by atoms with Gasteiger partial charge in [0.05, 0.1) is 27.8 Å². The monoisotopic (exact) mass is 547 g/mol. The number of benzene rings is 2. The zero-order valence-corrected chi connectivity index (χ0v) is 23.8. The zero-order chi connectivity index (χ0) is 28.1. The lowest BCUT2D eigenvalue weighted by Crippen LogP contribution is -2.50. The van der Waals surface area contributed by atoms with E-state index < -0.39 is 6.04 Å². The molecule has 8 nitrogen and oxygen atoms in total. The number of aromatic nitrogens is 1. The van der Waals surface area contributed by atoms with Crippen molar-refractivity contribution >= 4 is 22.7 Å². The topological polar surface area (TPSA) is 92.9 Å². The molecule has 2 amide bonds. The molecule has 2 saturated carbocycles. The van der Waals surface area contributed by atoms with Crippen LogP contribution in [-0.2, 0) is 16.0 Å². The second kappa shape index (κ2) is 12.7. The summed E-state index contributed by atoms with van der Waals surface area (Å²) < 4.78 is 16.9. The minimum atomic E-state index is -0.823. The van der Waals surface area contributed by atoms with Crippen LogP contribution in [0, 0.1) is 0 Å². The Morgan fingerprint density at radius 1 is 0.925 bits per heavy atom. The highest BCUT2D eigenvalue weighted by atomic mass is 16.5. The first kappa shape index (κ1) is 27.9. The van der Waals surface area contributed by atoms with Gasteiger partial charge in [0, 0.05) is 29.2 Å². The number of carbonyl (C=O) groups is 2. The number of fused-ring (bicyclic) bond motifs is 1. The Kier molecular flexibility index (Phi) is 8.82. The lowest BCUT2D eigenvalue weighted by atomic mass is 9.94. The first-order chi connectivity index (χ1) is 19.5. The fraction of sp³-hybridized carbons (Fsp3) is 0.500. The molecule has 0 bridgehead atoms. The molecular formula is C32H41N3O5. The van der Waals surface area contributed by atoms with E-state index in [9.17, 15) is 9.59 Å². The Bertz CT molecular complexity index is 1300. The SMILES string of the molecule is COc1cc([C@@H](C(=O)NC2CCCCC2)N(C(=O)Cc2c[nH]c3ccccc23)C2CCCC2)cc(OC)c1OC. The maximum absolute atomic E-state index is 14.3. The third kappa shape index (κ3) is 5.76. The number of aromatic amines is 1. The summed E-state index contributed by atoms with van der Waals surface area (Å²) in [5, 5.41) is 4.34. The van der Waals surface area contributed by atoms with Gasteiger partial charge in [-0.25, -0.2) is 0 Å². The fourth-order valence-electron chi connectivity index (χ4n) is 6.50. The van der Waals surface area contributed by atoms with Gasteiger partial charge in [0.2, 0.25) is 17.6 Å². The van der Waals surface area contributed by atoms with Gasteiger partial charge in [-0.3, -0.25) is 9.59 Å². The number of H-pyrrole nitrogens is 1. The van der Waals surface area contributed by atoms with Crippen LogP contribution >= 0.6 is 0 Å². The number of rotatable bonds is 10. The largest absolute Gasteiger partial charge is 0.493 e. The minimum absolute atomic E-state index is 0.0288. The van der Waals surface area contributed by atoms with Crippen LogP contribution in [0.25, 0.3) is 10.9 Å². The normalized spacial score (nSPS) is 17.0. The second-order valence-corrected chi connectivity index (χ2v) is 11.0. The minimum Gasteiger partial charge on any atom is -0.493 e. The van der Waals surface area contributed by atoms with Crippen molar-refractivity contribution in [3.63, 3.8) is 0 Å². The zero-order valence-electron chi connectivity index (χ0n) is 23.8. The number of para-hydroxylation sites is 1. The van der Waals surface area contributed by atoms with E-state index in [1.807, 2.05) is 47.5 Å². The summed E-state index contributed by atoms with van der Waals surface area (Å²) in [5.74, 6) is 1.16. The van der Waals surface area contributed by atoms with Crippen molar-refractivity contribution in [1.82, 2.24) is 15.2 Å². The summed E-state index contributed by atoms with van der Waals surface area (Å²) in [6.45, 7) is 0. The highest BCUT2D eigenvalue weighted by Crippen LogP contribution is 2.42. The van der Waals surface area contributed by atoms with Gasteiger partial charge in [-0.1, -0.05) is 50.3 Å². The molecule has 2 aromatic carbocycles. The predicted octanol–water partition coefficient (Wildman–Crippen LogP) is 5.70. The van der Waals surface area contributed by atoms with E-state index >= 15 is 0 Å². The number of ether oxygens (including phenoxy) is 3. The lowest BCUT2D eigenvalue weighted by Gasteiger charge is -2.37. The third-order valence-corrected chi connectivity index (χ3v) is 8.50. The summed E-state index contributed by atoms with van der Waals surface area (Å²) in [6.07, 6.45) is 11.2. The molecule has 1 atom stereocenters. The van der Waals surface area contributed by atoms with Gasteiger partial charge in [0.15, 0.2) is 11.5 Å². The maximum Gasteiger partial charge on any atom is 0.247 e. The fourth-order valence-corrected chi connectivity index (χ4v) is 6.50. The molecule has 0 saturated heterocycles. The van der Waals surface area contributed by atoms with Crippen LogP contribution in [-0.4, -0.2) is 55.1 Å². The van der Waals surface area contributed by atoms with E-state index in [4.69, 9.17) is 14.2 Å². The van der Waals surface area contributed by atoms with Crippen LogP contribution < -0.4 is 19.5 Å². The highest BCUT2D eigenvalue weighted by Gasteiger charge is 2.39. The molecule has 0 aliphatic heterocycles. The molecule has 3 aromatic rings. The molecule has 1 aromatic heterocycles. The predicted molar refractivity (Wildman–Crippen MR) is 155 cm³/mol. The summed E-state index contributed by atoms with van der Waals surface area (Å²) in [4.78, 5) is 33.7. The molecule has 0 radical (unpaired) electrons. The Morgan fingerprint density at radius 2 is 1.57 bits per heavy atom. The number of nitrogens with zero attached hydrogens (tertiary/aromatic N) is 1.